The zero-order chi connectivity index (χ0) is 24.9. The summed E-state index contributed by atoms with van der Waals surface area (Å²) < 4.78 is 45.2. The highest BCUT2D eigenvalue weighted by atomic mass is 35.5. The minimum Gasteiger partial charge on any atom is -0.469 e. The van der Waals surface area contributed by atoms with Crippen LogP contribution in [0.3, 0.4) is 0 Å². The number of esters is 1. The summed E-state index contributed by atoms with van der Waals surface area (Å²) in [5.41, 5.74) is 1.63. The molecule has 8 heteroatoms. The summed E-state index contributed by atoms with van der Waals surface area (Å²) in [6, 6.07) is 17.0. The van der Waals surface area contributed by atoms with Crippen LogP contribution in [0, 0.1) is 0 Å². The maximum absolute atomic E-state index is 13.5. The molecular weight excluding hydrogens is 467 g/mol. The van der Waals surface area contributed by atoms with E-state index in [-0.39, 0.29) is 13.0 Å². The van der Waals surface area contributed by atoms with Crippen molar-refractivity contribution in [3.8, 4) is 11.1 Å². The van der Waals surface area contributed by atoms with E-state index in [1.165, 1.54) is 24.3 Å². The van der Waals surface area contributed by atoms with Gasteiger partial charge in [-0.05, 0) is 52.7 Å². The molecule has 1 N–H and O–H groups in total. The lowest BCUT2D eigenvalue weighted by Crippen LogP contribution is -2.23. The molecule has 0 saturated heterocycles. The summed E-state index contributed by atoms with van der Waals surface area (Å²) in [5.74, 6) is -0.468. The van der Waals surface area contributed by atoms with E-state index in [4.69, 9.17) is 16.3 Å². The Bertz CT molecular complexity index is 1170. The first-order chi connectivity index (χ1) is 16.1. The summed E-state index contributed by atoms with van der Waals surface area (Å²) in [6.45, 7) is 3.66. The first-order valence-electron chi connectivity index (χ1n) is 10.3. The molecule has 4 nitrogen and oxygen atoms in total. The molecule has 0 amide bonds. The second kappa shape index (κ2) is 10.8. The maximum atomic E-state index is 13.5. The standard InChI is InChI=1S/C26H23ClF3NO3/c1-3-31(25(33)18-7-5-4-6-8-18)16-20-14-21(26(28,29)30)9-10-23(20)19-11-17(12-22(27)15-19)13-24(32)34-2/h3-12,14-15,25,33H,1,13,16H2,2H3. The quantitative estimate of drug-likeness (QED) is 0.295. The predicted molar refractivity (Wildman–Crippen MR) is 125 cm³/mol. The number of rotatable bonds is 8. The van der Waals surface area contributed by atoms with E-state index in [2.05, 4.69) is 6.58 Å². The lowest BCUT2D eigenvalue weighted by molar-refractivity contribution is -0.140. The van der Waals surface area contributed by atoms with Crippen molar-refractivity contribution in [2.24, 2.45) is 0 Å². The number of aliphatic hydroxyl groups excluding tert-OH is 1. The van der Waals surface area contributed by atoms with E-state index in [0.717, 1.165) is 12.1 Å². The minimum atomic E-state index is -4.55. The molecule has 3 aromatic rings. The van der Waals surface area contributed by atoms with Crippen molar-refractivity contribution in [2.45, 2.75) is 25.4 Å². The van der Waals surface area contributed by atoms with E-state index in [0.29, 0.717) is 32.8 Å². The third kappa shape index (κ3) is 6.18. The van der Waals surface area contributed by atoms with Crippen molar-refractivity contribution in [1.29, 1.82) is 0 Å². The number of aliphatic hydroxyl groups is 1. The summed E-state index contributed by atoms with van der Waals surface area (Å²) in [5, 5.41) is 11.1. The van der Waals surface area contributed by atoms with Crippen molar-refractivity contribution in [3.05, 3.63) is 107 Å². The van der Waals surface area contributed by atoms with Crippen LogP contribution in [0.2, 0.25) is 5.02 Å². The Morgan fingerprint density at radius 1 is 1.15 bits per heavy atom. The molecule has 0 spiro atoms. The van der Waals surface area contributed by atoms with Gasteiger partial charge in [0.2, 0.25) is 0 Å². The van der Waals surface area contributed by atoms with Gasteiger partial charge >= 0.3 is 12.1 Å². The van der Waals surface area contributed by atoms with Gasteiger partial charge in [0.05, 0.1) is 19.1 Å². The van der Waals surface area contributed by atoms with Crippen LogP contribution in [0.15, 0.2) is 79.5 Å². The molecule has 1 atom stereocenters. The Labute approximate surface area is 200 Å². The van der Waals surface area contributed by atoms with Crippen LogP contribution < -0.4 is 0 Å². The Morgan fingerprint density at radius 2 is 1.85 bits per heavy atom. The van der Waals surface area contributed by atoms with E-state index in [9.17, 15) is 23.1 Å². The fourth-order valence-electron chi connectivity index (χ4n) is 3.59. The molecular formula is C26H23ClF3NO3. The van der Waals surface area contributed by atoms with Gasteiger partial charge in [0.15, 0.2) is 6.23 Å². The maximum Gasteiger partial charge on any atom is 0.416 e. The zero-order valence-corrected chi connectivity index (χ0v) is 19.1. The molecule has 0 aliphatic carbocycles. The van der Waals surface area contributed by atoms with E-state index < -0.39 is 23.9 Å². The smallest absolute Gasteiger partial charge is 0.416 e. The van der Waals surface area contributed by atoms with E-state index >= 15 is 0 Å². The molecule has 0 saturated carbocycles. The fraction of sp³-hybridized carbons (Fsp3) is 0.192. The van der Waals surface area contributed by atoms with Gasteiger partial charge in [-0.2, -0.15) is 13.2 Å². The van der Waals surface area contributed by atoms with Gasteiger partial charge in [0, 0.05) is 17.1 Å². The van der Waals surface area contributed by atoms with Gasteiger partial charge in [-0.25, -0.2) is 0 Å². The monoisotopic (exact) mass is 489 g/mol. The third-order valence-electron chi connectivity index (χ3n) is 5.28. The highest BCUT2D eigenvalue weighted by molar-refractivity contribution is 6.31. The summed E-state index contributed by atoms with van der Waals surface area (Å²) >= 11 is 6.25. The van der Waals surface area contributed by atoms with Crippen LogP contribution in [0.4, 0.5) is 13.2 Å². The number of hydrogen-bond acceptors (Lipinski definition) is 4. The van der Waals surface area contributed by atoms with Gasteiger partial charge in [-0.15, -0.1) is 0 Å². The molecule has 34 heavy (non-hydrogen) atoms. The number of carbonyl (C=O) groups excluding carboxylic acids is 1. The summed E-state index contributed by atoms with van der Waals surface area (Å²) in [4.78, 5) is 13.2. The van der Waals surface area contributed by atoms with Crippen LogP contribution in [-0.2, 0) is 28.7 Å². The van der Waals surface area contributed by atoms with Crippen LogP contribution in [0.1, 0.15) is 28.5 Å². The molecule has 0 radical (unpaired) electrons. The first-order valence-corrected chi connectivity index (χ1v) is 10.7. The molecule has 0 fully saturated rings. The number of methoxy groups -OCH3 is 1. The molecule has 1 unspecified atom stereocenters. The van der Waals surface area contributed by atoms with E-state index in [1.807, 2.05) is 0 Å². The zero-order valence-electron chi connectivity index (χ0n) is 18.3. The van der Waals surface area contributed by atoms with Gasteiger partial charge in [-0.3, -0.25) is 4.79 Å². The molecule has 0 bridgehead atoms. The van der Waals surface area contributed by atoms with Crippen molar-refractivity contribution >= 4 is 17.6 Å². The predicted octanol–water partition coefficient (Wildman–Crippen LogP) is 6.38. The van der Waals surface area contributed by atoms with E-state index in [1.54, 1.807) is 48.5 Å². The lowest BCUT2D eigenvalue weighted by atomic mass is 9.95. The Balaban J connectivity index is 2.07. The van der Waals surface area contributed by atoms with Crippen molar-refractivity contribution in [3.63, 3.8) is 0 Å². The van der Waals surface area contributed by atoms with Gasteiger partial charge in [0.1, 0.15) is 0 Å². The largest absolute Gasteiger partial charge is 0.469 e. The average Bonchev–Trinajstić information content (AvgIpc) is 2.81. The molecule has 0 aliphatic rings. The third-order valence-corrected chi connectivity index (χ3v) is 5.49. The number of carbonyl (C=O) groups is 1. The van der Waals surface area contributed by atoms with Gasteiger partial charge < -0.3 is 14.7 Å². The minimum absolute atomic E-state index is 0.0362. The second-order valence-electron chi connectivity index (χ2n) is 7.61. The SMILES string of the molecule is C=CN(Cc1cc(C(F)(F)F)ccc1-c1cc(Cl)cc(CC(=O)OC)c1)C(O)c1ccccc1. The normalized spacial score (nSPS) is 12.2. The van der Waals surface area contributed by atoms with Crippen LogP contribution in [-0.4, -0.2) is 23.1 Å². The van der Waals surface area contributed by atoms with Gasteiger partial charge in [-0.1, -0.05) is 60.6 Å². The molecule has 0 aromatic heterocycles. The number of hydrogen-bond donors (Lipinski definition) is 1. The number of benzene rings is 3. The lowest BCUT2D eigenvalue weighted by Gasteiger charge is -2.28. The molecule has 3 rings (SSSR count). The van der Waals surface area contributed by atoms with Crippen molar-refractivity contribution < 1.29 is 27.8 Å². The Kier molecular flexibility index (Phi) is 8.02. The molecule has 0 heterocycles. The summed E-state index contributed by atoms with van der Waals surface area (Å²) in [7, 11) is 1.27. The number of alkyl halides is 3. The number of halogens is 4. The fourth-order valence-corrected chi connectivity index (χ4v) is 3.85. The highest BCUT2D eigenvalue weighted by Gasteiger charge is 2.31. The second-order valence-corrected chi connectivity index (χ2v) is 8.05. The summed E-state index contributed by atoms with van der Waals surface area (Å²) in [6.07, 6.45) is -4.32. The molecule has 0 aliphatic heterocycles. The van der Waals surface area contributed by atoms with Crippen LogP contribution in [0.25, 0.3) is 11.1 Å². The van der Waals surface area contributed by atoms with Crippen molar-refractivity contribution in [2.75, 3.05) is 7.11 Å². The molecule has 3 aromatic carbocycles. The highest BCUT2D eigenvalue weighted by Crippen LogP contribution is 2.36. The number of nitrogens with zero attached hydrogens (tertiary/aromatic N) is 1. The topological polar surface area (TPSA) is 49.8 Å². The number of ether oxygens (including phenoxy) is 1. The Morgan fingerprint density at radius 3 is 2.47 bits per heavy atom. The van der Waals surface area contributed by atoms with Crippen LogP contribution in [0.5, 0.6) is 0 Å². The van der Waals surface area contributed by atoms with Gasteiger partial charge in [0.25, 0.3) is 0 Å². The Hall–Kier alpha value is -3.29. The van der Waals surface area contributed by atoms with Crippen LogP contribution >= 0.6 is 11.6 Å². The van der Waals surface area contributed by atoms with Crippen molar-refractivity contribution in [1.82, 2.24) is 4.90 Å². The first kappa shape index (κ1) is 25.3. The average molecular weight is 490 g/mol. The molecule has 178 valence electrons.